The third-order valence-electron chi connectivity index (χ3n) is 1.96. The number of halogens is 1. The second-order valence-electron chi connectivity index (χ2n) is 3.12. The van der Waals surface area contributed by atoms with Gasteiger partial charge in [-0.25, -0.2) is 9.18 Å². The highest BCUT2D eigenvalue weighted by atomic mass is 19.1. The van der Waals surface area contributed by atoms with E-state index >= 15 is 0 Å². The summed E-state index contributed by atoms with van der Waals surface area (Å²) >= 11 is 0. The monoisotopic (exact) mass is 218 g/mol. The van der Waals surface area contributed by atoms with Crippen LogP contribution >= 0.6 is 0 Å². The maximum Gasteiger partial charge on any atom is 0.411 e. The molecule has 0 fully saturated rings. The number of carbonyl (C=O) groups excluding carboxylic acids is 1. The first kappa shape index (κ1) is 10.3. The van der Waals surface area contributed by atoms with Crippen molar-refractivity contribution in [3.63, 3.8) is 0 Å². The fourth-order valence-corrected chi connectivity index (χ4v) is 1.18. The minimum atomic E-state index is -0.489. The lowest BCUT2D eigenvalue weighted by Gasteiger charge is -1.96. The van der Waals surface area contributed by atoms with Gasteiger partial charge < -0.3 is 0 Å². The van der Waals surface area contributed by atoms with Crippen LogP contribution in [0.15, 0.2) is 54.9 Å². The van der Waals surface area contributed by atoms with Crippen molar-refractivity contribution in [1.29, 1.82) is 0 Å². The quantitative estimate of drug-likeness (QED) is 0.713. The van der Waals surface area contributed by atoms with E-state index in [4.69, 9.17) is 4.84 Å². The van der Waals surface area contributed by atoms with Crippen LogP contribution in [-0.2, 0) is 0 Å². The second kappa shape index (κ2) is 4.53. The summed E-state index contributed by atoms with van der Waals surface area (Å²) in [6.07, 6.45) is 2.66. The van der Waals surface area contributed by atoms with Gasteiger partial charge in [-0.1, -0.05) is 18.2 Å². The summed E-state index contributed by atoms with van der Waals surface area (Å²) in [5, 5.41) is 0. The van der Waals surface area contributed by atoms with E-state index in [0.717, 1.165) is 4.73 Å². The number of nitrogens with zero attached hydrogens (tertiary/aromatic N) is 1. The van der Waals surface area contributed by atoms with Gasteiger partial charge in [0.2, 0.25) is 12.4 Å². The van der Waals surface area contributed by atoms with Gasteiger partial charge >= 0.3 is 5.97 Å². The van der Waals surface area contributed by atoms with Gasteiger partial charge in [0.05, 0.1) is 5.56 Å². The van der Waals surface area contributed by atoms with E-state index in [1.807, 2.05) is 6.07 Å². The molecule has 1 heterocycles. The zero-order valence-corrected chi connectivity index (χ0v) is 8.34. The molecule has 0 aliphatic carbocycles. The van der Waals surface area contributed by atoms with Crippen molar-refractivity contribution < 1.29 is 18.8 Å². The van der Waals surface area contributed by atoms with E-state index in [2.05, 4.69) is 0 Å². The Morgan fingerprint density at radius 1 is 1.06 bits per heavy atom. The Balaban J connectivity index is 2.11. The maximum absolute atomic E-state index is 12.6. The Kier molecular flexibility index (Phi) is 2.91. The predicted octanol–water partition coefficient (Wildman–Crippen LogP) is 1.38. The van der Waals surface area contributed by atoms with Crippen molar-refractivity contribution in [2.75, 3.05) is 0 Å². The summed E-state index contributed by atoms with van der Waals surface area (Å²) in [6.45, 7) is 0. The fourth-order valence-electron chi connectivity index (χ4n) is 1.18. The molecule has 2 rings (SSSR count). The van der Waals surface area contributed by atoms with Crippen LogP contribution in [0.5, 0.6) is 0 Å². The van der Waals surface area contributed by atoms with Crippen LogP contribution in [0.25, 0.3) is 0 Å². The van der Waals surface area contributed by atoms with Crippen LogP contribution in [0.3, 0.4) is 0 Å². The molecule has 0 spiro atoms. The molecule has 0 bridgehead atoms. The molecular weight excluding hydrogens is 209 g/mol. The predicted molar refractivity (Wildman–Crippen MR) is 53.9 cm³/mol. The number of hydrogen-bond acceptors (Lipinski definition) is 2. The van der Waals surface area contributed by atoms with Crippen LogP contribution in [-0.4, -0.2) is 5.97 Å². The van der Waals surface area contributed by atoms with Gasteiger partial charge in [-0.2, -0.15) is 4.84 Å². The zero-order valence-electron chi connectivity index (χ0n) is 8.34. The summed E-state index contributed by atoms with van der Waals surface area (Å²) in [7, 11) is 0. The van der Waals surface area contributed by atoms with Crippen molar-refractivity contribution in [2.24, 2.45) is 0 Å². The van der Waals surface area contributed by atoms with Crippen LogP contribution in [0.1, 0.15) is 10.4 Å². The highest BCUT2D eigenvalue weighted by Crippen LogP contribution is 1.97. The standard InChI is InChI=1S/C12H9FNO2/c13-11-6-8-14(9-7-11)16-12(15)10-4-2-1-3-5-10/h1-9H/q+1. The Morgan fingerprint density at radius 2 is 1.69 bits per heavy atom. The minimum absolute atomic E-state index is 0.382. The van der Waals surface area contributed by atoms with E-state index in [9.17, 15) is 9.18 Å². The molecular formula is C12H9FNO2+. The maximum atomic E-state index is 12.6. The number of carbonyl (C=O) groups is 1. The van der Waals surface area contributed by atoms with Crippen LogP contribution in [0.2, 0.25) is 0 Å². The summed E-state index contributed by atoms with van der Waals surface area (Å²) in [6, 6.07) is 11.0. The van der Waals surface area contributed by atoms with Gasteiger partial charge in [0.15, 0.2) is 0 Å². The molecule has 3 nitrogen and oxygen atoms in total. The molecule has 0 N–H and O–H groups in total. The Morgan fingerprint density at radius 3 is 2.31 bits per heavy atom. The fraction of sp³-hybridized carbons (Fsp3) is 0. The highest BCUT2D eigenvalue weighted by Gasteiger charge is 2.13. The lowest BCUT2D eigenvalue weighted by atomic mass is 10.2. The number of pyridine rings is 1. The molecule has 0 atom stereocenters. The lowest BCUT2D eigenvalue weighted by Crippen LogP contribution is -2.45. The zero-order chi connectivity index (χ0) is 11.4. The van der Waals surface area contributed by atoms with Gasteiger partial charge in [0.1, 0.15) is 5.82 Å². The van der Waals surface area contributed by atoms with E-state index in [0.29, 0.717) is 5.56 Å². The minimum Gasteiger partial charge on any atom is -0.239 e. The lowest BCUT2D eigenvalue weighted by molar-refractivity contribution is -0.868. The molecule has 0 radical (unpaired) electrons. The summed E-state index contributed by atoms with van der Waals surface area (Å²) in [4.78, 5) is 16.5. The van der Waals surface area contributed by atoms with Gasteiger partial charge in [0.25, 0.3) is 0 Å². The van der Waals surface area contributed by atoms with Gasteiger partial charge in [0, 0.05) is 16.9 Å². The molecule has 1 aromatic heterocycles. The summed E-state index contributed by atoms with van der Waals surface area (Å²) < 4.78 is 13.7. The average molecular weight is 218 g/mol. The van der Waals surface area contributed by atoms with E-state index in [1.165, 1.54) is 24.5 Å². The summed E-state index contributed by atoms with van der Waals surface area (Å²) in [5.74, 6) is -0.871. The van der Waals surface area contributed by atoms with Crippen molar-refractivity contribution in [2.45, 2.75) is 0 Å². The van der Waals surface area contributed by atoms with Crippen LogP contribution in [0, 0.1) is 5.82 Å². The second-order valence-corrected chi connectivity index (χ2v) is 3.12. The van der Waals surface area contributed by atoms with E-state index in [1.54, 1.807) is 24.3 Å². The van der Waals surface area contributed by atoms with Gasteiger partial charge in [-0.05, 0) is 12.1 Å². The van der Waals surface area contributed by atoms with Crippen molar-refractivity contribution in [3.8, 4) is 0 Å². The van der Waals surface area contributed by atoms with Crippen molar-refractivity contribution in [1.82, 2.24) is 0 Å². The normalized spacial score (nSPS) is 9.81. The Hall–Kier alpha value is -2.23. The number of rotatable bonds is 2. The van der Waals surface area contributed by atoms with E-state index in [-0.39, 0.29) is 5.82 Å². The molecule has 0 amide bonds. The molecule has 2 aromatic rings. The first-order valence-electron chi connectivity index (χ1n) is 4.70. The van der Waals surface area contributed by atoms with Crippen molar-refractivity contribution >= 4 is 5.97 Å². The first-order chi connectivity index (χ1) is 7.75. The number of hydrogen-bond donors (Lipinski definition) is 0. The topological polar surface area (TPSA) is 30.2 Å². The molecule has 4 heteroatoms. The van der Waals surface area contributed by atoms with Crippen LogP contribution in [0.4, 0.5) is 4.39 Å². The van der Waals surface area contributed by atoms with Gasteiger partial charge in [-0.15, -0.1) is 0 Å². The van der Waals surface area contributed by atoms with Crippen molar-refractivity contribution in [3.05, 3.63) is 66.2 Å². The first-order valence-corrected chi connectivity index (χ1v) is 4.70. The molecule has 0 aliphatic rings. The molecule has 80 valence electrons. The molecule has 0 saturated carbocycles. The third kappa shape index (κ3) is 2.42. The molecule has 16 heavy (non-hydrogen) atoms. The Bertz CT molecular complexity index is 482. The summed E-state index contributed by atoms with van der Waals surface area (Å²) in [5.41, 5.74) is 0.444. The smallest absolute Gasteiger partial charge is 0.239 e. The van der Waals surface area contributed by atoms with E-state index < -0.39 is 5.97 Å². The van der Waals surface area contributed by atoms with Gasteiger partial charge in [-0.3, -0.25) is 0 Å². The Labute approximate surface area is 91.7 Å². The third-order valence-corrected chi connectivity index (χ3v) is 1.96. The molecule has 0 saturated heterocycles. The van der Waals surface area contributed by atoms with Crippen LogP contribution < -0.4 is 9.57 Å². The molecule has 1 aromatic carbocycles. The number of benzene rings is 1. The highest BCUT2D eigenvalue weighted by molar-refractivity contribution is 5.88. The molecule has 0 unspecified atom stereocenters. The molecule has 0 aliphatic heterocycles. The average Bonchev–Trinajstić information content (AvgIpc) is 2.33. The number of aromatic nitrogens is 1. The largest absolute Gasteiger partial charge is 0.411 e. The SMILES string of the molecule is O=C(O[n+]1ccc(F)cc1)c1ccccc1.